The second kappa shape index (κ2) is 12.1. The Kier molecular flexibility index (Phi) is 9.37. The maximum absolute atomic E-state index is 12.0. The van der Waals surface area contributed by atoms with Crippen molar-refractivity contribution in [1.29, 1.82) is 0 Å². The second-order valence-electron chi connectivity index (χ2n) is 8.12. The molecule has 0 aliphatic carbocycles. The summed E-state index contributed by atoms with van der Waals surface area (Å²) in [6.45, 7) is 4.14. The van der Waals surface area contributed by atoms with Gasteiger partial charge in [-0.1, -0.05) is 0 Å². The number of phenolic OH excluding ortho intramolecular Hbond substituents is 1. The molecular formula is C24H24Br2O11. The fourth-order valence-electron chi connectivity index (χ4n) is 3.76. The van der Waals surface area contributed by atoms with E-state index < -0.39 is 61.2 Å². The topological polar surface area (TPSA) is 144 Å². The lowest BCUT2D eigenvalue weighted by Crippen LogP contribution is -2.63. The van der Waals surface area contributed by atoms with Gasteiger partial charge >= 0.3 is 23.9 Å². The van der Waals surface area contributed by atoms with Crippen molar-refractivity contribution in [3.63, 3.8) is 0 Å². The van der Waals surface area contributed by atoms with E-state index >= 15 is 0 Å². The van der Waals surface area contributed by atoms with Gasteiger partial charge in [-0.2, -0.15) is 0 Å². The summed E-state index contributed by atoms with van der Waals surface area (Å²) >= 11 is 6.83. The lowest BCUT2D eigenvalue weighted by atomic mass is 9.98. The smallest absolute Gasteiger partial charge is 0.303 e. The van der Waals surface area contributed by atoms with Gasteiger partial charge in [0.2, 0.25) is 12.4 Å². The Morgan fingerprint density at radius 1 is 0.784 bits per heavy atom. The van der Waals surface area contributed by atoms with Crippen LogP contribution in [0, 0.1) is 0 Å². The summed E-state index contributed by atoms with van der Waals surface area (Å²) in [5.74, 6) is -3.22. The molecule has 2 aromatic carbocycles. The van der Waals surface area contributed by atoms with E-state index in [1.165, 1.54) is 19.1 Å². The minimum absolute atomic E-state index is 0.0392. The zero-order valence-corrected chi connectivity index (χ0v) is 23.4. The Bertz CT molecular complexity index is 1210. The summed E-state index contributed by atoms with van der Waals surface area (Å²) in [6, 6.07) is 6.58. The molecule has 13 heteroatoms. The lowest BCUT2D eigenvalue weighted by molar-refractivity contribution is -0.288. The number of halogens is 2. The maximum atomic E-state index is 12.0. The molecule has 0 aromatic heterocycles. The Labute approximate surface area is 228 Å². The number of phenols is 1. The first-order valence-electron chi connectivity index (χ1n) is 10.9. The molecule has 0 radical (unpaired) electrons. The normalized spacial score (nSPS) is 23.1. The van der Waals surface area contributed by atoms with Crippen LogP contribution in [0.4, 0.5) is 0 Å². The zero-order valence-electron chi connectivity index (χ0n) is 20.2. The fourth-order valence-corrected chi connectivity index (χ4v) is 4.49. The van der Waals surface area contributed by atoms with Gasteiger partial charge in [0.15, 0.2) is 23.7 Å². The van der Waals surface area contributed by atoms with E-state index in [0.717, 1.165) is 29.7 Å². The summed E-state index contributed by atoms with van der Waals surface area (Å²) in [4.78, 5) is 47.2. The average Bonchev–Trinajstić information content (AvgIpc) is 2.77. The van der Waals surface area contributed by atoms with E-state index in [2.05, 4.69) is 31.9 Å². The van der Waals surface area contributed by atoms with Gasteiger partial charge in [0, 0.05) is 36.6 Å². The highest BCUT2D eigenvalue weighted by Gasteiger charge is 2.53. The summed E-state index contributed by atoms with van der Waals surface area (Å²) in [5, 5.41) is 12.0. The molecule has 1 aliphatic rings. The predicted octanol–water partition coefficient (Wildman–Crippen LogP) is 3.53. The Balaban J connectivity index is 2.05. The number of carbonyl (C=O) groups excluding carboxylic acids is 4. The third-order valence-corrected chi connectivity index (χ3v) is 6.99. The summed E-state index contributed by atoms with van der Waals surface area (Å²) in [6.07, 6.45) is -6.78. The van der Waals surface area contributed by atoms with E-state index in [9.17, 15) is 24.3 Å². The third-order valence-electron chi connectivity index (χ3n) is 5.15. The van der Waals surface area contributed by atoms with Crippen molar-refractivity contribution in [1.82, 2.24) is 0 Å². The molecule has 37 heavy (non-hydrogen) atoms. The van der Waals surface area contributed by atoms with Crippen LogP contribution in [-0.4, -0.2) is 66.3 Å². The van der Waals surface area contributed by atoms with Gasteiger partial charge in [-0.05, 0) is 66.9 Å². The molecule has 0 spiro atoms. The minimum Gasteiger partial charge on any atom is -0.504 e. The third kappa shape index (κ3) is 7.33. The molecule has 0 saturated carbocycles. The minimum atomic E-state index is -1.47. The quantitative estimate of drug-likeness (QED) is 0.348. The molecule has 5 unspecified atom stereocenters. The molecule has 0 bridgehead atoms. The molecule has 1 aliphatic heterocycles. The number of hydrogen-bond donors (Lipinski definition) is 1. The molecule has 1 fully saturated rings. The van der Waals surface area contributed by atoms with Gasteiger partial charge in [0.1, 0.15) is 12.7 Å². The number of fused-ring (bicyclic) bond motifs is 1. The van der Waals surface area contributed by atoms with Crippen LogP contribution >= 0.6 is 31.9 Å². The van der Waals surface area contributed by atoms with Gasteiger partial charge < -0.3 is 33.5 Å². The van der Waals surface area contributed by atoms with Crippen LogP contribution in [0.15, 0.2) is 33.2 Å². The number of aromatic hydroxyl groups is 1. The summed E-state index contributed by atoms with van der Waals surface area (Å²) in [5.41, 5.74) is 0. The van der Waals surface area contributed by atoms with Crippen molar-refractivity contribution in [3.8, 4) is 11.5 Å². The number of rotatable bonds is 7. The van der Waals surface area contributed by atoms with Gasteiger partial charge in [0.05, 0.1) is 0 Å². The van der Waals surface area contributed by atoms with Gasteiger partial charge in [-0.3, -0.25) is 19.2 Å². The van der Waals surface area contributed by atoms with E-state index in [1.54, 1.807) is 12.1 Å². The highest BCUT2D eigenvalue weighted by Crippen LogP contribution is 2.38. The van der Waals surface area contributed by atoms with Crippen LogP contribution < -0.4 is 4.74 Å². The van der Waals surface area contributed by atoms with Gasteiger partial charge in [0.25, 0.3) is 0 Å². The van der Waals surface area contributed by atoms with Crippen LogP contribution in [0.5, 0.6) is 11.5 Å². The second-order valence-corrected chi connectivity index (χ2v) is 9.83. The molecule has 200 valence electrons. The average molecular weight is 648 g/mol. The number of benzene rings is 2. The van der Waals surface area contributed by atoms with Gasteiger partial charge in [-0.25, -0.2) is 0 Å². The largest absolute Gasteiger partial charge is 0.504 e. The Morgan fingerprint density at radius 3 is 1.84 bits per heavy atom. The van der Waals surface area contributed by atoms with E-state index in [0.29, 0.717) is 10.8 Å². The predicted molar refractivity (Wildman–Crippen MR) is 134 cm³/mol. The number of esters is 4. The van der Waals surface area contributed by atoms with Crippen LogP contribution in [0.1, 0.15) is 27.7 Å². The van der Waals surface area contributed by atoms with E-state index in [4.69, 9.17) is 28.4 Å². The molecule has 0 amide bonds. The molecular weight excluding hydrogens is 624 g/mol. The fraction of sp³-hybridized carbons (Fsp3) is 0.417. The van der Waals surface area contributed by atoms with Crippen molar-refractivity contribution in [2.45, 2.75) is 58.4 Å². The van der Waals surface area contributed by atoms with Crippen molar-refractivity contribution >= 4 is 66.5 Å². The first-order valence-corrected chi connectivity index (χ1v) is 12.5. The summed E-state index contributed by atoms with van der Waals surface area (Å²) < 4.78 is 34.5. The summed E-state index contributed by atoms with van der Waals surface area (Å²) in [7, 11) is 0. The maximum Gasteiger partial charge on any atom is 0.303 e. The highest BCUT2D eigenvalue weighted by molar-refractivity contribution is 9.13. The van der Waals surface area contributed by atoms with Crippen LogP contribution in [-0.2, 0) is 42.9 Å². The highest BCUT2D eigenvalue weighted by atomic mass is 79.9. The molecule has 5 atom stereocenters. The SMILES string of the molecule is CC(=O)OCC1OC(Oc2cc3cc(Br)c(Br)cc3cc2O)C(OC(C)=O)C(OC(C)=O)C1OC(C)=O. The van der Waals surface area contributed by atoms with Crippen molar-refractivity contribution < 1.29 is 52.7 Å². The first-order chi connectivity index (χ1) is 17.3. The number of carbonyl (C=O) groups is 4. The van der Waals surface area contributed by atoms with Crippen LogP contribution in [0.25, 0.3) is 10.8 Å². The number of ether oxygens (including phenoxy) is 6. The van der Waals surface area contributed by atoms with Crippen LogP contribution in [0.2, 0.25) is 0 Å². The van der Waals surface area contributed by atoms with E-state index in [-0.39, 0.29) is 11.5 Å². The number of hydrogen-bond acceptors (Lipinski definition) is 11. The van der Waals surface area contributed by atoms with Crippen LogP contribution in [0.3, 0.4) is 0 Å². The molecule has 11 nitrogen and oxygen atoms in total. The molecule has 2 aromatic rings. The molecule has 3 rings (SSSR count). The molecule has 1 N–H and O–H groups in total. The van der Waals surface area contributed by atoms with Crippen molar-refractivity contribution in [3.05, 3.63) is 33.2 Å². The monoisotopic (exact) mass is 646 g/mol. The van der Waals surface area contributed by atoms with Crippen molar-refractivity contribution in [2.24, 2.45) is 0 Å². The molecule has 1 saturated heterocycles. The van der Waals surface area contributed by atoms with Crippen molar-refractivity contribution in [2.75, 3.05) is 6.61 Å². The Hall–Kier alpha value is -2.90. The van der Waals surface area contributed by atoms with Gasteiger partial charge in [-0.15, -0.1) is 0 Å². The standard InChI is InChI=1S/C24H24Br2O11/c1-10(27)32-9-20-21(33-11(2)28)22(34-12(3)29)23(35-13(4)30)24(37-20)36-19-8-15-6-17(26)16(25)5-14(15)7-18(19)31/h5-8,20-24,31H,9H2,1-4H3. The van der Waals surface area contributed by atoms with E-state index in [1.807, 2.05) is 0 Å². The molecule has 1 heterocycles. The zero-order chi connectivity index (χ0) is 27.4. The first kappa shape index (κ1) is 28.7. The Morgan fingerprint density at radius 2 is 1.30 bits per heavy atom. The lowest BCUT2D eigenvalue weighted by Gasteiger charge is -2.43.